The number of hydrogen-bond acceptors (Lipinski definition) is 2. The summed E-state index contributed by atoms with van der Waals surface area (Å²) in [5, 5.41) is 7.92. The monoisotopic (exact) mass is 236 g/mol. The zero-order valence-corrected chi connectivity index (χ0v) is 10.1. The summed E-state index contributed by atoms with van der Waals surface area (Å²) in [6.07, 6.45) is 3.83. The lowest BCUT2D eigenvalue weighted by atomic mass is 9.84. The molecule has 16 heavy (non-hydrogen) atoms. The van der Waals surface area contributed by atoms with Crippen molar-refractivity contribution in [2.24, 2.45) is 0 Å². The third-order valence-electron chi connectivity index (χ3n) is 3.77. The zero-order chi connectivity index (χ0) is 11.0. The second-order valence-electron chi connectivity index (χ2n) is 4.76. The van der Waals surface area contributed by atoms with E-state index in [-0.39, 0.29) is 0 Å². The summed E-state index contributed by atoms with van der Waals surface area (Å²) in [5.74, 6) is 0.637. The van der Waals surface area contributed by atoms with Gasteiger partial charge in [0.25, 0.3) is 0 Å². The maximum Gasteiger partial charge on any atom is 0.0410 e. The van der Waals surface area contributed by atoms with E-state index in [2.05, 4.69) is 22.8 Å². The second-order valence-corrected chi connectivity index (χ2v) is 5.19. The number of rotatable bonds is 1. The topological polar surface area (TPSA) is 24.1 Å². The minimum atomic E-state index is 0.637. The van der Waals surface area contributed by atoms with Crippen LogP contribution < -0.4 is 10.6 Å². The predicted octanol–water partition coefficient (Wildman–Crippen LogP) is 2.99. The quantitative estimate of drug-likeness (QED) is 0.784. The van der Waals surface area contributed by atoms with Crippen molar-refractivity contribution >= 4 is 17.3 Å². The average molecular weight is 237 g/mol. The third-order valence-corrected chi connectivity index (χ3v) is 4.00. The molecular weight excluding hydrogens is 220 g/mol. The molecule has 0 saturated carbocycles. The van der Waals surface area contributed by atoms with Crippen LogP contribution in [0.25, 0.3) is 0 Å². The van der Waals surface area contributed by atoms with Gasteiger partial charge in [0.1, 0.15) is 0 Å². The number of anilines is 1. The Hall–Kier alpha value is -0.730. The van der Waals surface area contributed by atoms with Crippen molar-refractivity contribution in [1.29, 1.82) is 0 Å². The van der Waals surface area contributed by atoms with Crippen molar-refractivity contribution in [1.82, 2.24) is 5.32 Å². The van der Waals surface area contributed by atoms with Gasteiger partial charge in [-0.05, 0) is 49.6 Å². The number of hydrogen-bond donors (Lipinski definition) is 2. The van der Waals surface area contributed by atoms with E-state index in [9.17, 15) is 0 Å². The second kappa shape index (κ2) is 4.27. The Kier molecular flexibility index (Phi) is 2.78. The fraction of sp³-hybridized carbons (Fsp3) is 0.538. The number of benzene rings is 1. The maximum absolute atomic E-state index is 6.10. The summed E-state index contributed by atoms with van der Waals surface area (Å²) >= 11 is 6.10. The van der Waals surface area contributed by atoms with Crippen molar-refractivity contribution in [3.8, 4) is 0 Å². The fourth-order valence-corrected chi connectivity index (χ4v) is 3.17. The van der Waals surface area contributed by atoms with Gasteiger partial charge in [-0.15, -0.1) is 0 Å². The number of nitrogens with one attached hydrogen (secondary N) is 2. The highest BCUT2D eigenvalue weighted by atomic mass is 35.5. The van der Waals surface area contributed by atoms with Gasteiger partial charge in [0.05, 0.1) is 0 Å². The molecule has 1 aromatic rings. The van der Waals surface area contributed by atoms with E-state index in [0.717, 1.165) is 11.6 Å². The Morgan fingerprint density at radius 1 is 1.19 bits per heavy atom. The molecule has 86 valence electrons. The first-order chi connectivity index (χ1) is 7.84. The average Bonchev–Trinajstić information content (AvgIpc) is 2.81. The number of halogens is 1. The molecule has 2 unspecified atom stereocenters. The van der Waals surface area contributed by atoms with Gasteiger partial charge in [0, 0.05) is 29.2 Å². The van der Waals surface area contributed by atoms with Crippen LogP contribution >= 0.6 is 11.6 Å². The Morgan fingerprint density at radius 3 is 2.94 bits per heavy atom. The molecule has 2 aliphatic rings. The van der Waals surface area contributed by atoms with Crippen LogP contribution in [0.15, 0.2) is 18.2 Å². The van der Waals surface area contributed by atoms with Crippen molar-refractivity contribution in [2.45, 2.75) is 31.2 Å². The molecule has 2 N–H and O–H groups in total. The Labute approximate surface area is 101 Å². The summed E-state index contributed by atoms with van der Waals surface area (Å²) in [4.78, 5) is 0. The van der Waals surface area contributed by atoms with Crippen molar-refractivity contribution in [3.05, 3.63) is 28.8 Å². The summed E-state index contributed by atoms with van der Waals surface area (Å²) < 4.78 is 0. The molecule has 2 nitrogen and oxygen atoms in total. The van der Waals surface area contributed by atoms with Crippen molar-refractivity contribution in [2.75, 3.05) is 18.4 Å². The highest BCUT2D eigenvalue weighted by Gasteiger charge is 2.29. The van der Waals surface area contributed by atoms with Crippen molar-refractivity contribution in [3.63, 3.8) is 0 Å². The van der Waals surface area contributed by atoms with E-state index in [0.29, 0.717) is 12.0 Å². The summed E-state index contributed by atoms with van der Waals surface area (Å²) in [7, 11) is 0. The van der Waals surface area contributed by atoms with E-state index in [1.54, 1.807) is 0 Å². The van der Waals surface area contributed by atoms with Gasteiger partial charge in [-0.1, -0.05) is 11.6 Å². The summed E-state index contributed by atoms with van der Waals surface area (Å²) in [6.45, 7) is 2.25. The van der Waals surface area contributed by atoms with E-state index in [1.165, 1.54) is 37.1 Å². The Balaban J connectivity index is 1.94. The molecule has 2 aliphatic heterocycles. The first-order valence-electron chi connectivity index (χ1n) is 6.11. The van der Waals surface area contributed by atoms with Crippen LogP contribution in [0, 0.1) is 0 Å². The molecule has 3 heteroatoms. The van der Waals surface area contributed by atoms with Gasteiger partial charge in [-0.3, -0.25) is 0 Å². The lowest BCUT2D eigenvalue weighted by Crippen LogP contribution is -2.33. The molecule has 1 fully saturated rings. The van der Waals surface area contributed by atoms with E-state index >= 15 is 0 Å². The fourth-order valence-electron chi connectivity index (χ4n) is 2.99. The van der Waals surface area contributed by atoms with E-state index in [4.69, 9.17) is 11.6 Å². The SMILES string of the molecule is Clc1ccc2c(c1)C(C1CCCN1)CCN2. The molecule has 0 aliphatic carbocycles. The highest BCUT2D eigenvalue weighted by molar-refractivity contribution is 6.30. The maximum atomic E-state index is 6.10. The molecule has 0 bridgehead atoms. The standard InChI is InChI=1S/C13H17ClN2/c14-9-3-4-13-11(8-9)10(5-7-16-13)12-2-1-6-15-12/h3-4,8,10,12,15-16H,1-2,5-7H2. The molecule has 0 radical (unpaired) electrons. The van der Waals surface area contributed by atoms with Gasteiger partial charge >= 0.3 is 0 Å². The first-order valence-corrected chi connectivity index (χ1v) is 6.49. The molecule has 1 saturated heterocycles. The number of fused-ring (bicyclic) bond motifs is 1. The van der Waals surface area contributed by atoms with Gasteiger partial charge in [0.15, 0.2) is 0 Å². The lowest BCUT2D eigenvalue weighted by molar-refractivity contribution is 0.463. The highest BCUT2D eigenvalue weighted by Crippen LogP contribution is 2.37. The smallest absolute Gasteiger partial charge is 0.0410 e. The molecule has 2 atom stereocenters. The first kappa shape index (κ1) is 10.4. The van der Waals surface area contributed by atoms with Gasteiger partial charge < -0.3 is 10.6 Å². The van der Waals surface area contributed by atoms with Gasteiger partial charge in [-0.25, -0.2) is 0 Å². The third kappa shape index (κ3) is 1.80. The Morgan fingerprint density at radius 2 is 2.12 bits per heavy atom. The van der Waals surface area contributed by atoms with E-state index < -0.39 is 0 Å². The van der Waals surface area contributed by atoms with Crippen LogP contribution in [0.3, 0.4) is 0 Å². The molecule has 0 spiro atoms. The summed E-state index contributed by atoms with van der Waals surface area (Å²) in [6, 6.07) is 6.86. The Bertz CT molecular complexity index is 386. The van der Waals surface area contributed by atoms with Crippen LogP contribution in [0.4, 0.5) is 5.69 Å². The van der Waals surface area contributed by atoms with E-state index in [1.807, 2.05) is 6.07 Å². The zero-order valence-electron chi connectivity index (χ0n) is 9.30. The molecule has 2 heterocycles. The molecule has 3 rings (SSSR count). The minimum absolute atomic E-state index is 0.637. The normalized spacial score (nSPS) is 28.6. The van der Waals surface area contributed by atoms with Crippen LogP contribution in [-0.4, -0.2) is 19.1 Å². The van der Waals surface area contributed by atoms with Crippen LogP contribution in [0.5, 0.6) is 0 Å². The molecule has 1 aromatic carbocycles. The molecular formula is C13H17ClN2. The summed E-state index contributed by atoms with van der Waals surface area (Å²) in [5.41, 5.74) is 2.67. The van der Waals surface area contributed by atoms with Crippen LogP contribution in [0.2, 0.25) is 5.02 Å². The molecule has 0 amide bonds. The van der Waals surface area contributed by atoms with Gasteiger partial charge in [-0.2, -0.15) is 0 Å². The molecule has 0 aromatic heterocycles. The minimum Gasteiger partial charge on any atom is -0.385 e. The van der Waals surface area contributed by atoms with Crippen molar-refractivity contribution < 1.29 is 0 Å². The van der Waals surface area contributed by atoms with Crippen LogP contribution in [-0.2, 0) is 0 Å². The van der Waals surface area contributed by atoms with Gasteiger partial charge in [0.2, 0.25) is 0 Å². The largest absolute Gasteiger partial charge is 0.385 e. The van der Waals surface area contributed by atoms with Crippen LogP contribution in [0.1, 0.15) is 30.7 Å². The lowest BCUT2D eigenvalue weighted by Gasteiger charge is -2.31. The predicted molar refractivity (Wildman–Crippen MR) is 68.3 cm³/mol.